The summed E-state index contributed by atoms with van der Waals surface area (Å²) in [4.78, 5) is 19.4. The lowest BCUT2D eigenvalue weighted by Crippen LogP contribution is -2.09. The highest BCUT2D eigenvalue weighted by molar-refractivity contribution is 9.10. The van der Waals surface area contributed by atoms with Gasteiger partial charge in [-0.1, -0.05) is 28.1 Å². The number of benzene rings is 2. The number of halogens is 1. The Balaban J connectivity index is 2.30. The maximum absolute atomic E-state index is 12.1. The molecule has 4 nitrogen and oxygen atoms in total. The molecule has 3 rings (SSSR count). The fourth-order valence-corrected chi connectivity index (χ4v) is 2.44. The van der Waals surface area contributed by atoms with E-state index in [4.69, 9.17) is 4.74 Å². The van der Waals surface area contributed by atoms with Gasteiger partial charge in [0.05, 0.1) is 23.6 Å². The average molecular weight is 331 g/mol. The third-order valence-electron chi connectivity index (χ3n) is 3.03. The zero-order valence-electron chi connectivity index (χ0n) is 10.7. The highest BCUT2D eigenvalue weighted by atomic mass is 79.9. The number of rotatable bonds is 2. The molecule has 2 aromatic carbocycles. The van der Waals surface area contributed by atoms with Crippen LogP contribution in [0.15, 0.2) is 51.7 Å². The first kappa shape index (κ1) is 12.9. The lowest BCUT2D eigenvalue weighted by molar-refractivity contribution is 0.416. The Kier molecular flexibility index (Phi) is 3.28. The number of nitrogens with zero attached hydrogens (tertiary/aromatic N) is 1. The molecule has 0 atom stereocenters. The van der Waals surface area contributed by atoms with Crippen molar-refractivity contribution in [2.45, 2.75) is 0 Å². The first-order valence-electron chi connectivity index (χ1n) is 6.02. The minimum absolute atomic E-state index is 0.160. The van der Waals surface area contributed by atoms with E-state index in [1.807, 2.05) is 36.4 Å². The van der Waals surface area contributed by atoms with Crippen molar-refractivity contribution in [1.82, 2.24) is 9.97 Å². The van der Waals surface area contributed by atoms with Gasteiger partial charge in [0.15, 0.2) is 0 Å². The van der Waals surface area contributed by atoms with Crippen LogP contribution in [-0.4, -0.2) is 17.1 Å². The number of nitrogens with one attached hydrogen (secondary N) is 1. The number of aromatic nitrogens is 2. The van der Waals surface area contributed by atoms with Gasteiger partial charge < -0.3 is 9.72 Å². The smallest absolute Gasteiger partial charge is 0.259 e. The molecule has 1 heterocycles. The van der Waals surface area contributed by atoms with Gasteiger partial charge in [0.2, 0.25) is 0 Å². The van der Waals surface area contributed by atoms with Crippen molar-refractivity contribution in [3.63, 3.8) is 0 Å². The van der Waals surface area contributed by atoms with Crippen molar-refractivity contribution in [2.75, 3.05) is 7.11 Å². The fourth-order valence-electron chi connectivity index (χ4n) is 2.08. The molecule has 0 amide bonds. The standard InChI is InChI=1S/C15H11BrN2O2/c1-20-13-7-6-9(16)8-11(13)14-17-12-5-3-2-4-10(12)15(19)18-14/h2-8H,1H3,(H,17,18,19). The number of fused-ring (bicyclic) bond motifs is 1. The van der Waals surface area contributed by atoms with Crippen molar-refractivity contribution >= 4 is 26.8 Å². The third kappa shape index (κ3) is 2.20. The molecular weight excluding hydrogens is 320 g/mol. The maximum atomic E-state index is 12.1. The molecule has 0 saturated carbocycles. The van der Waals surface area contributed by atoms with E-state index >= 15 is 0 Å². The first-order chi connectivity index (χ1) is 9.69. The second-order valence-corrected chi connectivity index (χ2v) is 5.19. The van der Waals surface area contributed by atoms with Gasteiger partial charge in [0.25, 0.3) is 5.56 Å². The van der Waals surface area contributed by atoms with Gasteiger partial charge >= 0.3 is 0 Å². The van der Waals surface area contributed by atoms with E-state index in [0.717, 1.165) is 10.0 Å². The van der Waals surface area contributed by atoms with Crippen LogP contribution >= 0.6 is 15.9 Å². The second-order valence-electron chi connectivity index (χ2n) is 4.28. The molecule has 0 aliphatic rings. The van der Waals surface area contributed by atoms with Gasteiger partial charge in [-0.25, -0.2) is 4.98 Å². The van der Waals surface area contributed by atoms with E-state index in [1.165, 1.54) is 0 Å². The molecule has 5 heteroatoms. The number of hydrogen-bond acceptors (Lipinski definition) is 3. The Morgan fingerprint density at radius 1 is 1.20 bits per heavy atom. The van der Waals surface area contributed by atoms with Gasteiger partial charge in [-0.15, -0.1) is 0 Å². The van der Waals surface area contributed by atoms with Gasteiger partial charge in [0, 0.05) is 4.47 Å². The van der Waals surface area contributed by atoms with Crippen molar-refractivity contribution in [3.8, 4) is 17.1 Å². The largest absolute Gasteiger partial charge is 0.496 e. The van der Waals surface area contributed by atoms with Crippen LogP contribution in [0, 0.1) is 0 Å². The molecule has 20 heavy (non-hydrogen) atoms. The molecule has 0 unspecified atom stereocenters. The Hall–Kier alpha value is -2.14. The Bertz CT molecular complexity index is 843. The summed E-state index contributed by atoms with van der Waals surface area (Å²) in [7, 11) is 1.59. The predicted molar refractivity (Wildman–Crippen MR) is 82.1 cm³/mol. The molecule has 0 radical (unpaired) electrons. The molecular formula is C15H11BrN2O2. The number of methoxy groups -OCH3 is 1. The number of hydrogen-bond donors (Lipinski definition) is 1. The molecule has 0 spiro atoms. The van der Waals surface area contributed by atoms with Gasteiger partial charge in [0.1, 0.15) is 11.6 Å². The highest BCUT2D eigenvalue weighted by Crippen LogP contribution is 2.30. The molecule has 1 aromatic heterocycles. The summed E-state index contributed by atoms with van der Waals surface area (Å²) in [5, 5.41) is 0.574. The molecule has 1 N–H and O–H groups in total. The second kappa shape index (κ2) is 5.09. The van der Waals surface area contributed by atoms with Crippen molar-refractivity contribution in [3.05, 3.63) is 57.3 Å². The van der Waals surface area contributed by atoms with E-state index in [2.05, 4.69) is 25.9 Å². The first-order valence-corrected chi connectivity index (χ1v) is 6.81. The summed E-state index contributed by atoms with van der Waals surface area (Å²) in [6.45, 7) is 0. The molecule has 0 fully saturated rings. The van der Waals surface area contributed by atoms with Crippen LogP contribution in [0.3, 0.4) is 0 Å². The van der Waals surface area contributed by atoms with E-state index < -0.39 is 0 Å². The molecule has 3 aromatic rings. The van der Waals surface area contributed by atoms with Crippen LogP contribution in [0.5, 0.6) is 5.75 Å². The van der Waals surface area contributed by atoms with Crippen LogP contribution in [0.4, 0.5) is 0 Å². The van der Waals surface area contributed by atoms with Crippen LogP contribution in [0.1, 0.15) is 0 Å². The SMILES string of the molecule is COc1ccc(Br)cc1-c1nc2ccccc2c(=O)[nH]1. The molecule has 100 valence electrons. The van der Waals surface area contributed by atoms with Crippen molar-refractivity contribution in [2.24, 2.45) is 0 Å². The van der Waals surface area contributed by atoms with Crippen LogP contribution in [0.2, 0.25) is 0 Å². The predicted octanol–water partition coefficient (Wildman–Crippen LogP) is 3.36. The fraction of sp³-hybridized carbons (Fsp3) is 0.0667. The quantitative estimate of drug-likeness (QED) is 0.783. The molecule has 0 aliphatic heterocycles. The minimum Gasteiger partial charge on any atom is -0.496 e. The summed E-state index contributed by atoms with van der Waals surface area (Å²) in [5.41, 5.74) is 1.24. The number of para-hydroxylation sites is 1. The number of aromatic amines is 1. The maximum Gasteiger partial charge on any atom is 0.259 e. The van der Waals surface area contributed by atoms with Gasteiger partial charge in [-0.05, 0) is 30.3 Å². The summed E-state index contributed by atoms with van der Waals surface area (Å²) < 4.78 is 6.22. The summed E-state index contributed by atoms with van der Waals surface area (Å²) in [5.74, 6) is 1.15. The average Bonchev–Trinajstić information content (AvgIpc) is 2.47. The summed E-state index contributed by atoms with van der Waals surface area (Å²) >= 11 is 3.42. The highest BCUT2D eigenvalue weighted by Gasteiger charge is 2.11. The summed E-state index contributed by atoms with van der Waals surface area (Å²) in [6.07, 6.45) is 0. The van der Waals surface area contributed by atoms with Gasteiger partial charge in [-0.3, -0.25) is 4.79 Å². The van der Waals surface area contributed by atoms with Crippen molar-refractivity contribution < 1.29 is 4.74 Å². The van der Waals surface area contributed by atoms with E-state index in [0.29, 0.717) is 22.5 Å². The zero-order chi connectivity index (χ0) is 14.1. The zero-order valence-corrected chi connectivity index (χ0v) is 12.3. The monoisotopic (exact) mass is 330 g/mol. The topological polar surface area (TPSA) is 55.0 Å². The van der Waals surface area contributed by atoms with Crippen LogP contribution < -0.4 is 10.3 Å². The Labute approximate surface area is 123 Å². The lowest BCUT2D eigenvalue weighted by atomic mass is 10.1. The molecule has 0 saturated heterocycles. The van der Waals surface area contributed by atoms with Crippen LogP contribution in [0.25, 0.3) is 22.3 Å². The third-order valence-corrected chi connectivity index (χ3v) is 3.52. The van der Waals surface area contributed by atoms with Gasteiger partial charge in [-0.2, -0.15) is 0 Å². The van der Waals surface area contributed by atoms with E-state index in [1.54, 1.807) is 13.2 Å². The number of H-pyrrole nitrogens is 1. The number of ether oxygens (including phenoxy) is 1. The lowest BCUT2D eigenvalue weighted by Gasteiger charge is -2.09. The van der Waals surface area contributed by atoms with Crippen molar-refractivity contribution in [1.29, 1.82) is 0 Å². The Morgan fingerprint density at radius 3 is 2.80 bits per heavy atom. The normalized spacial score (nSPS) is 10.7. The molecule has 0 aliphatic carbocycles. The summed E-state index contributed by atoms with van der Waals surface area (Å²) in [6, 6.07) is 12.8. The van der Waals surface area contributed by atoms with E-state index in [9.17, 15) is 4.79 Å². The molecule has 0 bridgehead atoms. The van der Waals surface area contributed by atoms with E-state index in [-0.39, 0.29) is 5.56 Å². The Morgan fingerprint density at radius 2 is 2.00 bits per heavy atom. The minimum atomic E-state index is -0.160. The van der Waals surface area contributed by atoms with Crippen LogP contribution in [-0.2, 0) is 0 Å².